The van der Waals surface area contributed by atoms with E-state index < -0.39 is 23.6 Å². The van der Waals surface area contributed by atoms with E-state index in [0.717, 1.165) is 57.9 Å². The maximum Gasteiger partial charge on any atom is 0.309 e. The minimum absolute atomic E-state index is 0.198. The molecule has 2 aliphatic carbocycles. The van der Waals surface area contributed by atoms with Crippen LogP contribution in [0.15, 0.2) is 35.7 Å². The lowest BCUT2D eigenvalue weighted by molar-refractivity contribution is -0.146. The van der Waals surface area contributed by atoms with Crippen LogP contribution in [0.2, 0.25) is 0 Å². The molecule has 7 atom stereocenters. The van der Waals surface area contributed by atoms with Crippen LogP contribution in [0.1, 0.15) is 110 Å². The zero-order valence-corrected chi connectivity index (χ0v) is 24.1. The number of carboxylic acid groups (broad SMARTS) is 1. The number of hydrogen-bond acceptors (Lipinski definition) is 6. The molecule has 0 aromatic carbocycles. The third-order valence-corrected chi connectivity index (χ3v) is 9.31. The lowest BCUT2D eigenvalue weighted by Crippen LogP contribution is -2.32. The van der Waals surface area contributed by atoms with Gasteiger partial charge in [-0.25, -0.2) is 0 Å². The van der Waals surface area contributed by atoms with Crippen molar-refractivity contribution >= 4 is 5.97 Å². The number of allylic oxidation sites excluding steroid dienone is 3. The van der Waals surface area contributed by atoms with Crippen molar-refractivity contribution in [3.05, 3.63) is 35.7 Å². The van der Waals surface area contributed by atoms with Crippen LogP contribution in [0.25, 0.3) is 0 Å². The molecule has 3 aliphatic rings. The van der Waals surface area contributed by atoms with Crippen molar-refractivity contribution in [2.24, 2.45) is 29.4 Å². The van der Waals surface area contributed by atoms with Gasteiger partial charge in [0.2, 0.25) is 0 Å². The average molecular weight is 547 g/mol. The number of rotatable bonds is 17. The molecule has 3 rings (SSSR count). The topological polar surface area (TPSA) is 136 Å². The summed E-state index contributed by atoms with van der Waals surface area (Å²) < 4.78 is 0. The molecule has 0 aromatic heterocycles. The Morgan fingerprint density at radius 1 is 1.15 bits per heavy atom. The standard InChI is InChI=1S/C32H54N2O5/c1-2-3-5-8-23-11-12-26(29(36)20-23)9-6-4-7-10-27(31(37)38)28(35)14-17-32(39)16-13-25(22-32)19-24-15-18-34-30(33)21-24/h11-12,15,21,23,25-29,34-36,39H,2-10,13-14,16-20,22,33H2,1H3,(H,37,38)/t23-,25-,26-,27+,28-,29-,32-/m1/s1. The highest BCUT2D eigenvalue weighted by molar-refractivity contribution is 5.70. The van der Waals surface area contributed by atoms with Gasteiger partial charge in [0, 0.05) is 12.5 Å². The average Bonchev–Trinajstić information content (AvgIpc) is 3.26. The quantitative estimate of drug-likeness (QED) is 0.109. The predicted molar refractivity (Wildman–Crippen MR) is 156 cm³/mol. The zero-order valence-electron chi connectivity index (χ0n) is 24.1. The molecular formula is C32H54N2O5. The number of aliphatic hydroxyl groups is 3. The van der Waals surface area contributed by atoms with E-state index in [1.807, 2.05) is 6.08 Å². The summed E-state index contributed by atoms with van der Waals surface area (Å²) in [5, 5.41) is 45.3. The number of aliphatic hydroxyl groups excluding tert-OH is 2. The van der Waals surface area contributed by atoms with E-state index in [9.17, 15) is 25.2 Å². The van der Waals surface area contributed by atoms with E-state index >= 15 is 0 Å². The Morgan fingerprint density at radius 2 is 1.95 bits per heavy atom. The Morgan fingerprint density at radius 3 is 2.67 bits per heavy atom. The van der Waals surface area contributed by atoms with Gasteiger partial charge >= 0.3 is 5.97 Å². The predicted octanol–water partition coefficient (Wildman–Crippen LogP) is 5.16. The van der Waals surface area contributed by atoms with Gasteiger partial charge in [-0.3, -0.25) is 4.79 Å². The molecular weight excluding hydrogens is 492 g/mol. The molecule has 0 saturated heterocycles. The van der Waals surface area contributed by atoms with Crippen LogP contribution in [0.5, 0.6) is 0 Å². The molecule has 0 unspecified atom stereocenters. The fraction of sp³-hybridized carbons (Fsp3) is 0.781. The normalized spacial score (nSPS) is 30.4. The maximum atomic E-state index is 11.9. The molecule has 222 valence electrons. The monoisotopic (exact) mass is 546 g/mol. The molecule has 0 amide bonds. The van der Waals surface area contributed by atoms with Gasteiger partial charge in [-0.05, 0) is 87.7 Å². The molecule has 7 heteroatoms. The van der Waals surface area contributed by atoms with Crippen molar-refractivity contribution < 1.29 is 25.2 Å². The minimum atomic E-state index is -0.958. The van der Waals surface area contributed by atoms with Crippen LogP contribution >= 0.6 is 0 Å². The van der Waals surface area contributed by atoms with Gasteiger partial charge in [0.15, 0.2) is 0 Å². The van der Waals surface area contributed by atoms with Gasteiger partial charge < -0.3 is 31.5 Å². The van der Waals surface area contributed by atoms with Crippen molar-refractivity contribution in [1.29, 1.82) is 0 Å². The summed E-state index contributed by atoms with van der Waals surface area (Å²) in [5.74, 6) is -0.0110. The number of unbranched alkanes of at least 4 members (excludes halogenated alkanes) is 4. The summed E-state index contributed by atoms with van der Waals surface area (Å²) in [7, 11) is 0. The number of nitrogens with two attached hydrogens (primary N) is 1. The Bertz CT molecular complexity index is 855. The summed E-state index contributed by atoms with van der Waals surface area (Å²) in [6, 6.07) is 0. The minimum Gasteiger partial charge on any atom is -0.481 e. The maximum absolute atomic E-state index is 11.9. The second-order valence-corrected chi connectivity index (χ2v) is 12.6. The molecule has 0 spiro atoms. The smallest absolute Gasteiger partial charge is 0.309 e. The second kappa shape index (κ2) is 15.8. The van der Waals surface area contributed by atoms with Crippen LogP contribution in [-0.4, -0.2) is 50.7 Å². The third kappa shape index (κ3) is 10.6. The van der Waals surface area contributed by atoms with Crippen LogP contribution < -0.4 is 11.1 Å². The van der Waals surface area contributed by atoms with Crippen molar-refractivity contribution in [3.63, 3.8) is 0 Å². The van der Waals surface area contributed by atoms with Gasteiger partial charge in [-0.15, -0.1) is 0 Å². The zero-order chi connectivity index (χ0) is 28.3. The highest BCUT2D eigenvalue weighted by Crippen LogP contribution is 2.41. The Kier molecular flexibility index (Phi) is 12.9. The Hall–Kier alpha value is -1.83. The van der Waals surface area contributed by atoms with Crippen LogP contribution in [-0.2, 0) is 4.79 Å². The number of carboxylic acids is 1. The Balaban J connectivity index is 1.34. The fourth-order valence-corrected chi connectivity index (χ4v) is 6.87. The van der Waals surface area contributed by atoms with Gasteiger partial charge in [0.05, 0.1) is 29.5 Å². The molecule has 1 heterocycles. The number of hydrogen-bond donors (Lipinski definition) is 6. The van der Waals surface area contributed by atoms with Gasteiger partial charge in [0.1, 0.15) is 0 Å². The summed E-state index contributed by atoms with van der Waals surface area (Å²) in [6.07, 6.45) is 20.9. The number of carbonyl (C=O) groups is 1. The van der Waals surface area contributed by atoms with E-state index in [-0.39, 0.29) is 12.0 Å². The second-order valence-electron chi connectivity index (χ2n) is 12.6. The summed E-state index contributed by atoms with van der Waals surface area (Å²) in [6.45, 7) is 2.94. The first-order valence-electron chi connectivity index (χ1n) is 15.6. The molecule has 39 heavy (non-hydrogen) atoms. The number of nitrogens with one attached hydrogen (secondary N) is 1. The van der Waals surface area contributed by atoms with Crippen LogP contribution in [0.4, 0.5) is 0 Å². The first-order valence-corrected chi connectivity index (χ1v) is 15.6. The van der Waals surface area contributed by atoms with Crippen LogP contribution in [0, 0.1) is 23.7 Å². The molecule has 0 radical (unpaired) electrons. The van der Waals surface area contributed by atoms with Gasteiger partial charge in [-0.2, -0.15) is 0 Å². The van der Waals surface area contributed by atoms with Crippen molar-refractivity contribution in [3.8, 4) is 0 Å². The summed E-state index contributed by atoms with van der Waals surface area (Å²) in [4.78, 5) is 11.9. The fourth-order valence-electron chi connectivity index (χ4n) is 6.87. The SMILES string of the molecule is CCCCC[C@@H]1C=C[C@@H](CCCCC[C@H](C(=O)O)[C@H](O)CC[C@]2(O)CC[C@H](CC3=CCNC(N)=C3)C2)[C@H](O)C1. The highest BCUT2D eigenvalue weighted by Gasteiger charge is 2.38. The van der Waals surface area contributed by atoms with Gasteiger partial charge in [0.25, 0.3) is 0 Å². The summed E-state index contributed by atoms with van der Waals surface area (Å²) in [5.41, 5.74) is 6.24. The summed E-state index contributed by atoms with van der Waals surface area (Å²) >= 11 is 0. The molecule has 0 aromatic rings. The van der Waals surface area contributed by atoms with Gasteiger partial charge in [-0.1, -0.05) is 63.7 Å². The molecule has 7 nitrogen and oxygen atoms in total. The van der Waals surface area contributed by atoms with E-state index in [4.69, 9.17) is 5.73 Å². The lowest BCUT2D eigenvalue weighted by atomic mass is 9.81. The first kappa shape index (κ1) is 31.7. The number of aliphatic carboxylic acids is 1. The van der Waals surface area contributed by atoms with Crippen LogP contribution in [0.3, 0.4) is 0 Å². The molecule has 1 aliphatic heterocycles. The van der Waals surface area contributed by atoms with Crippen molar-refractivity contribution in [2.45, 2.75) is 127 Å². The van der Waals surface area contributed by atoms with E-state index in [0.29, 0.717) is 49.8 Å². The molecule has 1 saturated carbocycles. The third-order valence-electron chi connectivity index (χ3n) is 9.31. The lowest BCUT2D eigenvalue weighted by Gasteiger charge is -2.28. The highest BCUT2D eigenvalue weighted by atomic mass is 16.4. The van der Waals surface area contributed by atoms with Crippen molar-refractivity contribution in [2.75, 3.05) is 6.54 Å². The molecule has 1 fully saturated rings. The van der Waals surface area contributed by atoms with Crippen molar-refractivity contribution in [1.82, 2.24) is 5.32 Å². The van der Waals surface area contributed by atoms with E-state index in [1.54, 1.807) is 0 Å². The Labute approximate surface area is 235 Å². The molecule has 7 N–H and O–H groups in total. The number of dihydropyridines is 1. The largest absolute Gasteiger partial charge is 0.481 e. The van der Waals surface area contributed by atoms with E-state index in [1.165, 1.54) is 24.8 Å². The first-order chi connectivity index (χ1) is 18.7. The van der Waals surface area contributed by atoms with E-state index in [2.05, 4.69) is 30.5 Å². The molecule has 0 bridgehead atoms.